The maximum atomic E-state index is 5.44. The van der Waals surface area contributed by atoms with E-state index in [0.717, 1.165) is 18.1 Å². The molecule has 1 rings (SSSR count). The van der Waals surface area contributed by atoms with Gasteiger partial charge in [-0.05, 0) is 20.8 Å². The van der Waals surface area contributed by atoms with Crippen LogP contribution >= 0.6 is 0 Å². The van der Waals surface area contributed by atoms with Crippen LogP contribution in [0.15, 0.2) is 17.1 Å². The van der Waals surface area contributed by atoms with Crippen LogP contribution in [0.1, 0.15) is 27.7 Å². The largest absolute Gasteiger partial charge is 0.477 e. The van der Waals surface area contributed by atoms with Gasteiger partial charge in [-0.2, -0.15) is 0 Å². The molecule has 0 N–H and O–H groups in total. The number of rotatable bonds is 1. The summed E-state index contributed by atoms with van der Waals surface area (Å²) in [6, 6.07) is 0. The molecule has 0 saturated heterocycles. The molecule has 0 amide bonds. The van der Waals surface area contributed by atoms with E-state index in [-0.39, 0.29) is 5.54 Å². The van der Waals surface area contributed by atoms with E-state index in [4.69, 9.17) is 4.74 Å². The van der Waals surface area contributed by atoms with E-state index < -0.39 is 0 Å². The van der Waals surface area contributed by atoms with E-state index in [9.17, 15) is 0 Å². The number of ether oxygens (including phenoxy) is 1. The standard InChI is InChI=1S/C10H17NO/c1-7(2)9-11-10(4,5)8(3)6-12-9/h8H,1,6H2,2-5H3. The van der Waals surface area contributed by atoms with E-state index >= 15 is 0 Å². The molecule has 68 valence electrons. The molecule has 0 aliphatic carbocycles. The van der Waals surface area contributed by atoms with Crippen LogP contribution in [0.5, 0.6) is 0 Å². The molecule has 0 fully saturated rings. The fraction of sp³-hybridized carbons (Fsp3) is 0.700. The van der Waals surface area contributed by atoms with E-state index in [1.165, 1.54) is 0 Å². The average molecular weight is 167 g/mol. The first-order chi connectivity index (χ1) is 5.43. The van der Waals surface area contributed by atoms with Crippen LogP contribution in [0.2, 0.25) is 0 Å². The Hall–Kier alpha value is -0.790. The molecule has 0 spiro atoms. The molecule has 0 saturated carbocycles. The molecule has 1 aliphatic heterocycles. The van der Waals surface area contributed by atoms with Gasteiger partial charge in [-0.15, -0.1) is 0 Å². The molecule has 1 atom stereocenters. The highest BCUT2D eigenvalue weighted by Crippen LogP contribution is 2.26. The highest BCUT2D eigenvalue weighted by molar-refractivity contribution is 5.92. The van der Waals surface area contributed by atoms with E-state index in [1.54, 1.807) is 0 Å². The highest BCUT2D eigenvalue weighted by Gasteiger charge is 2.30. The summed E-state index contributed by atoms with van der Waals surface area (Å²) in [6.07, 6.45) is 0. The lowest BCUT2D eigenvalue weighted by molar-refractivity contribution is 0.162. The Balaban J connectivity index is 2.89. The van der Waals surface area contributed by atoms with Crippen LogP contribution in [-0.4, -0.2) is 18.0 Å². The van der Waals surface area contributed by atoms with Crippen LogP contribution < -0.4 is 0 Å². The summed E-state index contributed by atoms with van der Waals surface area (Å²) in [4.78, 5) is 4.49. The Bertz CT molecular complexity index is 228. The van der Waals surface area contributed by atoms with Crippen molar-refractivity contribution in [3.05, 3.63) is 12.2 Å². The Kier molecular flexibility index (Phi) is 2.27. The van der Waals surface area contributed by atoms with Crippen LogP contribution in [0, 0.1) is 5.92 Å². The lowest BCUT2D eigenvalue weighted by Gasteiger charge is -2.33. The third kappa shape index (κ3) is 1.68. The van der Waals surface area contributed by atoms with Crippen molar-refractivity contribution in [2.24, 2.45) is 10.9 Å². The molecular weight excluding hydrogens is 150 g/mol. The van der Waals surface area contributed by atoms with Gasteiger partial charge in [0, 0.05) is 11.5 Å². The minimum Gasteiger partial charge on any atom is -0.477 e. The van der Waals surface area contributed by atoms with Crippen molar-refractivity contribution >= 4 is 5.90 Å². The second-order valence-corrected chi connectivity index (χ2v) is 4.06. The Labute approximate surface area is 74.3 Å². The Morgan fingerprint density at radius 2 is 2.25 bits per heavy atom. The summed E-state index contributed by atoms with van der Waals surface area (Å²) >= 11 is 0. The molecule has 0 radical (unpaired) electrons. The first-order valence-corrected chi connectivity index (χ1v) is 4.32. The van der Waals surface area contributed by atoms with Gasteiger partial charge in [0.2, 0.25) is 5.90 Å². The van der Waals surface area contributed by atoms with Crippen molar-refractivity contribution in [2.45, 2.75) is 33.2 Å². The summed E-state index contributed by atoms with van der Waals surface area (Å²) < 4.78 is 5.44. The Morgan fingerprint density at radius 3 is 2.67 bits per heavy atom. The van der Waals surface area contributed by atoms with Gasteiger partial charge in [0.05, 0.1) is 12.1 Å². The molecule has 1 heterocycles. The van der Waals surface area contributed by atoms with Crippen molar-refractivity contribution < 1.29 is 4.74 Å². The van der Waals surface area contributed by atoms with Crippen molar-refractivity contribution in [3.8, 4) is 0 Å². The predicted octanol–water partition coefficient (Wildman–Crippen LogP) is 2.41. The molecule has 12 heavy (non-hydrogen) atoms. The second-order valence-electron chi connectivity index (χ2n) is 4.06. The van der Waals surface area contributed by atoms with Crippen molar-refractivity contribution in [2.75, 3.05) is 6.61 Å². The van der Waals surface area contributed by atoms with Crippen molar-refractivity contribution in [3.63, 3.8) is 0 Å². The Morgan fingerprint density at radius 1 is 1.67 bits per heavy atom. The fourth-order valence-electron chi connectivity index (χ4n) is 1.03. The first-order valence-electron chi connectivity index (χ1n) is 4.32. The average Bonchev–Trinajstić information content (AvgIpc) is 1.94. The van der Waals surface area contributed by atoms with Crippen LogP contribution in [0.3, 0.4) is 0 Å². The number of hydrogen-bond donors (Lipinski definition) is 0. The molecule has 1 aliphatic rings. The summed E-state index contributed by atoms with van der Waals surface area (Å²) in [5.74, 6) is 1.19. The van der Waals surface area contributed by atoms with Gasteiger partial charge in [-0.25, -0.2) is 4.99 Å². The second kappa shape index (κ2) is 2.92. The van der Waals surface area contributed by atoms with Gasteiger partial charge < -0.3 is 4.74 Å². The zero-order valence-electron chi connectivity index (χ0n) is 8.35. The normalized spacial score (nSPS) is 27.3. The summed E-state index contributed by atoms with van der Waals surface area (Å²) in [6.45, 7) is 12.9. The minimum absolute atomic E-state index is 0.00741. The van der Waals surface area contributed by atoms with Crippen LogP contribution in [0.25, 0.3) is 0 Å². The SMILES string of the molecule is C=C(C)C1=NC(C)(C)C(C)CO1. The molecule has 0 bridgehead atoms. The molecule has 1 unspecified atom stereocenters. The maximum Gasteiger partial charge on any atom is 0.211 e. The third-order valence-electron chi connectivity index (χ3n) is 2.43. The lowest BCUT2D eigenvalue weighted by atomic mass is 9.89. The topological polar surface area (TPSA) is 21.6 Å². The van der Waals surface area contributed by atoms with Gasteiger partial charge in [-0.3, -0.25) is 0 Å². The molecule has 0 aromatic heterocycles. The number of hydrogen-bond acceptors (Lipinski definition) is 2. The van der Waals surface area contributed by atoms with E-state index in [0.29, 0.717) is 5.92 Å². The summed E-state index contributed by atoms with van der Waals surface area (Å²) in [7, 11) is 0. The van der Waals surface area contributed by atoms with Crippen molar-refractivity contribution in [1.82, 2.24) is 0 Å². The third-order valence-corrected chi connectivity index (χ3v) is 2.43. The first kappa shape index (κ1) is 9.30. The minimum atomic E-state index is -0.00741. The summed E-state index contributed by atoms with van der Waals surface area (Å²) in [5, 5.41) is 0. The number of nitrogens with zero attached hydrogens (tertiary/aromatic N) is 1. The summed E-state index contributed by atoms with van der Waals surface area (Å²) in [5.41, 5.74) is 0.905. The van der Waals surface area contributed by atoms with Gasteiger partial charge in [0.15, 0.2) is 0 Å². The van der Waals surface area contributed by atoms with Crippen LogP contribution in [0.4, 0.5) is 0 Å². The number of aliphatic imine (C=N–C) groups is 1. The highest BCUT2D eigenvalue weighted by atomic mass is 16.5. The predicted molar refractivity (Wildman–Crippen MR) is 51.4 cm³/mol. The van der Waals surface area contributed by atoms with Gasteiger partial charge in [0.25, 0.3) is 0 Å². The monoisotopic (exact) mass is 167 g/mol. The molecular formula is C10H17NO. The van der Waals surface area contributed by atoms with E-state index in [1.807, 2.05) is 6.92 Å². The van der Waals surface area contributed by atoms with Gasteiger partial charge in [-0.1, -0.05) is 13.5 Å². The van der Waals surface area contributed by atoms with Crippen LogP contribution in [-0.2, 0) is 4.74 Å². The molecule has 2 nitrogen and oxygen atoms in total. The molecule has 0 aromatic rings. The van der Waals surface area contributed by atoms with E-state index in [2.05, 4.69) is 32.3 Å². The quantitative estimate of drug-likeness (QED) is 0.587. The van der Waals surface area contributed by atoms with Crippen molar-refractivity contribution in [1.29, 1.82) is 0 Å². The molecule has 0 aromatic carbocycles. The zero-order valence-corrected chi connectivity index (χ0v) is 8.35. The maximum absolute atomic E-state index is 5.44. The van der Waals surface area contributed by atoms with Gasteiger partial charge in [0.1, 0.15) is 0 Å². The lowest BCUT2D eigenvalue weighted by Crippen LogP contribution is -2.37. The smallest absolute Gasteiger partial charge is 0.211 e. The zero-order chi connectivity index (χ0) is 9.35. The van der Waals surface area contributed by atoms with Gasteiger partial charge >= 0.3 is 0 Å². The fourth-order valence-corrected chi connectivity index (χ4v) is 1.03. The molecule has 2 heteroatoms.